The van der Waals surface area contributed by atoms with Crippen LogP contribution in [0.15, 0.2) is 78.9 Å². The van der Waals surface area contributed by atoms with Crippen molar-refractivity contribution in [1.29, 1.82) is 0 Å². The molecule has 0 radical (unpaired) electrons. The molecule has 2 unspecified atom stereocenters. The third-order valence-electron chi connectivity index (χ3n) is 5.82. The Bertz CT molecular complexity index is 1030. The zero-order valence-electron chi connectivity index (χ0n) is 20.2. The van der Waals surface area contributed by atoms with E-state index in [0.717, 1.165) is 23.3 Å². The second-order valence-electron chi connectivity index (χ2n) is 8.39. The van der Waals surface area contributed by atoms with E-state index in [4.69, 9.17) is 9.47 Å². The number of aliphatic hydroxyl groups excluding tert-OH is 1. The fourth-order valence-corrected chi connectivity index (χ4v) is 3.88. The third-order valence-corrected chi connectivity index (χ3v) is 5.82. The molecule has 7 heteroatoms. The van der Waals surface area contributed by atoms with Gasteiger partial charge in [0.25, 0.3) is 0 Å². The minimum atomic E-state index is -0.672. The van der Waals surface area contributed by atoms with Gasteiger partial charge in [-0.05, 0) is 61.2 Å². The number of halogens is 1. The number of hydrogen-bond acceptors (Lipinski definition) is 6. The molecule has 0 amide bonds. The molecule has 0 spiro atoms. The largest absolute Gasteiger partial charge is 0.508 e. The Morgan fingerprint density at radius 2 is 1.63 bits per heavy atom. The van der Waals surface area contributed by atoms with Crippen LogP contribution in [0.25, 0.3) is 0 Å². The number of aromatic hydroxyl groups is 1. The summed E-state index contributed by atoms with van der Waals surface area (Å²) in [6, 6.07) is 24.3. The van der Waals surface area contributed by atoms with Crippen LogP contribution < -0.4 is 4.74 Å². The van der Waals surface area contributed by atoms with Crippen LogP contribution in [0.1, 0.15) is 28.4 Å². The summed E-state index contributed by atoms with van der Waals surface area (Å²) >= 11 is 0. The summed E-state index contributed by atoms with van der Waals surface area (Å²) in [5.74, 6) is 0.646. The van der Waals surface area contributed by atoms with Crippen molar-refractivity contribution in [3.63, 3.8) is 0 Å². The van der Waals surface area contributed by atoms with Crippen LogP contribution in [0.3, 0.4) is 0 Å². The minimum Gasteiger partial charge on any atom is -0.508 e. The molecule has 0 aromatic heterocycles. The first-order valence-electron chi connectivity index (χ1n) is 11.5. The fraction of sp³-hybridized carbons (Fsp3) is 0.321. The van der Waals surface area contributed by atoms with Gasteiger partial charge in [0.15, 0.2) is 0 Å². The zero-order chi connectivity index (χ0) is 24.3. The predicted octanol–water partition coefficient (Wildman–Crippen LogP) is 4.52. The average molecular weight is 500 g/mol. The molecular weight excluding hydrogens is 466 g/mol. The monoisotopic (exact) mass is 499 g/mol. The molecule has 0 fully saturated rings. The van der Waals surface area contributed by atoms with Crippen LogP contribution in [-0.2, 0) is 17.6 Å². The van der Waals surface area contributed by atoms with Gasteiger partial charge in [0.05, 0.1) is 12.7 Å². The maximum Gasteiger partial charge on any atom is 0.337 e. The highest BCUT2D eigenvalue weighted by Crippen LogP contribution is 2.18. The lowest BCUT2D eigenvalue weighted by molar-refractivity contribution is 0.0550. The standard InChI is InChI=1S/C28H33NO5.ClH/c1-21(18-22-12-14-24(15-13-22)28(32)33-2)29(17-16-23-8-6-7-11-27(23)31)19-25(30)20-34-26-9-4-3-5-10-26;/h3-15,21,25,30-31H,16-20H2,1-2H3;1H. The normalized spacial score (nSPS) is 12.5. The van der Waals surface area contributed by atoms with Crippen molar-refractivity contribution in [2.24, 2.45) is 0 Å². The maximum atomic E-state index is 11.7. The number of carbonyl (C=O) groups is 1. The summed E-state index contributed by atoms with van der Waals surface area (Å²) < 4.78 is 10.5. The van der Waals surface area contributed by atoms with Crippen molar-refractivity contribution in [3.05, 3.63) is 95.6 Å². The average Bonchev–Trinajstić information content (AvgIpc) is 2.86. The minimum absolute atomic E-state index is 0. The number of para-hydroxylation sites is 2. The number of nitrogens with zero attached hydrogens (tertiary/aromatic N) is 1. The summed E-state index contributed by atoms with van der Waals surface area (Å²) in [4.78, 5) is 13.9. The lowest BCUT2D eigenvalue weighted by atomic mass is 10.0. The van der Waals surface area contributed by atoms with Gasteiger partial charge in [0.2, 0.25) is 0 Å². The number of esters is 1. The molecule has 0 saturated heterocycles. The molecule has 3 rings (SSSR count). The number of hydrogen-bond donors (Lipinski definition) is 2. The van der Waals surface area contributed by atoms with E-state index in [1.165, 1.54) is 7.11 Å². The smallest absolute Gasteiger partial charge is 0.337 e. The number of ether oxygens (including phenoxy) is 2. The predicted molar refractivity (Wildman–Crippen MR) is 140 cm³/mol. The van der Waals surface area contributed by atoms with Gasteiger partial charge in [-0.3, -0.25) is 4.90 Å². The van der Waals surface area contributed by atoms with Gasteiger partial charge >= 0.3 is 5.97 Å². The first-order valence-corrected chi connectivity index (χ1v) is 11.5. The van der Waals surface area contributed by atoms with E-state index in [-0.39, 0.29) is 36.8 Å². The molecule has 0 heterocycles. The van der Waals surface area contributed by atoms with Crippen LogP contribution in [0.2, 0.25) is 0 Å². The van der Waals surface area contributed by atoms with Crippen molar-refractivity contribution in [1.82, 2.24) is 4.90 Å². The number of phenols is 1. The summed E-state index contributed by atoms with van der Waals surface area (Å²) in [5, 5.41) is 20.9. The number of benzene rings is 3. The second-order valence-corrected chi connectivity index (χ2v) is 8.39. The summed E-state index contributed by atoms with van der Waals surface area (Å²) in [6.07, 6.45) is 0.729. The summed E-state index contributed by atoms with van der Waals surface area (Å²) in [7, 11) is 1.37. The van der Waals surface area contributed by atoms with E-state index in [0.29, 0.717) is 25.1 Å². The first kappa shape index (κ1) is 28.2. The van der Waals surface area contributed by atoms with Gasteiger partial charge in [-0.2, -0.15) is 0 Å². The van der Waals surface area contributed by atoms with Crippen LogP contribution in [0.5, 0.6) is 11.5 Å². The molecule has 2 atom stereocenters. The van der Waals surface area contributed by atoms with Crippen LogP contribution in [0, 0.1) is 0 Å². The molecule has 0 saturated carbocycles. The van der Waals surface area contributed by atoms with E-state index < -0.39 is 6.10 Å². The van der Waals surface area contributed by atoms with Gasteiger partial charge < -0.3 is 19.7 Å². The summed E-state index contributed by atoms with van der Waals surface area (Å²) in [6.45, 7) is 3.41. The number of aliphatic hydroxyl groups is 1. The number of phenolic OH excluding ortho intramolecular Hbond substituents is 1. The van der Waals surface area contributed by atoms with Crippen molar-refractivity contribution in [2.75, 3.05) is 26.8 Å². The van der Waals surface area contributed by atoms with Gasteiger partial charge in [0, 0.05) is 19.1 Å². The number of carbonyl (C=O) groups excluding carboxylic acids is 1. The van der Waals surface area contributed by atoms with Crippen molar-refractivity contribution < 1.29 is 24.5 Å². The molecule has 3 aromatic rings. The SMILES string of the molecule is COC(=O)c1ccc(CC(C)N(CCc2ccccc2O)CC(O)COc2ccccc2)cc1.Cl. The van der Waals surface area contributed by atoms with Crippen LogP contribution in [-0.4, -0.2) is 60.0 Å². The quantitative estimate of drug-likeness (QED) is 0.357. The molecule has 3 aromatic carbocycles. The maximum absolute atomic E-state index is 11.7. The Kier molecular flexibility index (Phi) is 11.6. The van der Waals surface area contributed by atoms with E-state index in [9.17, 15) is 15.0 Å². The lowest BCUT2D eigenvalue weighted by Crippen LogP contribution is -2.43. The molecule has 188 valence electrons. The molecule has 0 bridgehead atoms. The first-order chi connectivity index (χ1) is 16.5. The Morgan fingerprint density at radius 3 is 2.29 bits per heavy atom. The topological polar surface area (TPSA) is 79.2 Å². The van der Waals surface area contributed by atoms with Gasteiger partial charge in [0.1, 0.15) is 24.2 Å². The van der Waals surface area contributed by atoms with Gasteiger partial charge in [-0.15, -0.1) is 12.4 Å². The van der Waals surface area contributed by atoms with Gasteiger partial charge in [-0.1, -0.05) is 48.5 Å². The van der Waals surface area contributed by atoms with Crippen LogP contribution >= 0.6 is 12.4 Å². The Balaban J connectivity index is 0.00000432. The van der Waals surface area contributed by atoms with E-state index in [2.05, 4.69) is 11.8 Å². The van der Waals surface area contributed by atoms with Crippen molar-refractivity contribution in [3.8, 4) is 11.5 Å². The molecule has 0 aliphatic carbocycles. The van der Waals surface area contributed by atoms with E-state index in [1.807, 2.05) is 60.7 Å². The molecule has 0 aliphatic heterocycles. The zero-order valence-corrected chi connectivity index (χ0v) is 21.0. The second kappa shape index (κ2) is 14.4. The molecule has 6 nitrogen and oxygen atoms in total. The molecular formula is C28H34ClNO5. The molecule has 35 heavy (non-hydrogen) atoms. The number of methoxy groups -OCH3 is 1. The third kappa shape index (κ3) is 8.91. The van der Waals surface area contributed by atoms with Crippen molar-refractivity contribution in [2.45, 2.75) is 31.9 Å². The highest BCUT2D eigenvalue weighted by Gasteiger charge is 2.19. The van der Waals surface area contributed by atoms with Crippen LogP contribution in [0.4, 0.5) is 0 Å². The fourth-order valence-electron chi connectivity index (χ4n) is 3.88. The van der Waals surface area contributed by atoms with Gasteiger partial charge in [-0.25, -0.2) is 4.79 Å². The molecule has 0 aliphatic rings. The highest BCUT2D eigenvalue weighted by atomic mass is 35.5. The Morgan fingerprint density at radius 1 is 0.971 bits per heavy atom. The highest BCUT2D eigenvalue weighted by molar-refractivity contribution is 5.89. The number of rotatable bonds is 12. The van der Waals surface area contributed by atoms with E-state index in [1.54, 1.807) is 18.2 Å². The Hall–Kier alpha value is -3.06. The Labute approximate surface area is 213 Å². The summed E-state index contributed by atoms with van der Waals surface area (Å²) in [5.41, 5.74) is 2.48. The lowest BCUT2D eigenvalue weighted by Gasteiger charge is -2.31. The van der Waals surface area contributed by atoms with Crippen molar-refractivity contribution >= 4 is 18.4 Å². The molecule has 2 N–H and O–H groups in total. The van der Waals surface area contributed by atoms with E-state index >= 15 is 0 Å².